The number of nitrogens with one attached hydrogen (secondary N) is 4. The van der Waals surface area contributed by atoms with Crippen molar-refractivity contribution in [1.82, 2.24) is 29.9 Å². The minimum Gasteiger partial charge on any atom is -0.444 e. The predicted molar refractivity (Wildman–Crippen MR) is 204 cm³/mol. The second-order valence-corrected chi connectivity index (χ2v) is 21.9. The number of hydrogen-bond acceptors (Lipinski definition) is 8. The number of carbonyl (C=O) groups excluding carboxylic acids is 5. The van der Waals surface area contributed by atoms with Crippen molar-refractivity contribution in [2.45, 2.75) is 162 Å². The Morgan fingerprint density at radius 1 is 0.945 bits per heavy atom. The summed E-state index contributed by atoms with van der Waals surface area (Å²) in [4.78, 5) is 73.2. The molecule has 0 aromatic rings. The smallest absolute Gasteiger partial charge is 0.408 e. The second-order valence-electron chi connectivity index (χ2n) is 20.3. The summed E-state index contributed by atoms with van der Waals surface area (Å²) in [7, 11) is -4.07. The highest BCUT2D eigenvalue weighted by molar-refractivity contribution is 7.87. The number of nitrogens with zero attached hydrogens (tertiary/aromatic N) is 2. The molecule has 308 valence electrons. The van der Waals surface area contributed by atoms with Crippen LogP contribution >= 0.6 is 0 Å². The van der Waals surface area contributed by atoms with Crippen LogP contribution in [-0.4, -0.2) is 96.2 Å². The zero-order chi connectivity index (χ0) is 40.1. The summed E-state index contributed by atoms with van der Waals surface area (Å²) < 4.78 is 35.6. The highest BCUT2D eigenvalue weighted by Crippen LogP contribution is 2.91. The standard InChI is InChI=1S/C40H64N6O8S/c1-9-25-21-40(25,33(50)44-55(52,53)45-18-10-11-19-45)43-30(47)27-22-39-23-46(27)32(49)29(35(2,3)4)42-31(48)28(41-34(51)54-36(5,6)7)24-14-12-15-26(20-24)37(39,8)38(39)16-13-17-38/h24-29H,9-23H2,1-8H3,(H,41,51)(H,42,48)(H,43,47)(H,44,50)/t24?,25-,26?,27+,28+,29-,37?,39-,40-/m1/s1. The van der Waals surface area contributed by atoms with E-state index >= 15 is 4.79 Å². The lowest BCUT2D eigenvalue weighted by molar-refractivity contribution is -0.145. The first-order chi connectivity index (χ1) is 25.6. The minimum atomic E-state index is -4.07. The van der Waals surface area contributed by atoms with E-state index < -0.39 is 68.7 Å². The monoisotopic (exact) mass is 788 g/mol. The Balaban J connectivity index is 1.24. The molecule has 4 bridgehead atoms. The van der Waals surface area contributed by atoms with E-state index in [0.29, 0.717) is 38.9 Å². The first-order valence-electron chi connectivity index (χ1n) is 20.8. The lowest BCUT2D eigenvalue weighted by atomic mass is 9.65. The van der Waals surface area contributed by atoms with Crippen molar-refractivity contribution in [3.05, 3.63) is 0 Å². The summed E-state index contributed by atoms with van der Waals surface area (Å²) >= 11 is 0. The molecule has 7 rings (SSSR count). The number of alkyl carbamates (subject to hydrolysis) is 1. The molecule has 4 aliphatic carbocycles. The van der Waals surface area contributed by atoms with Crippen molar-refractivity contribution in [2.75, 3.05) is 19.6 Å². The van der Waals surface area contributed by atoms with Crippen molar-refractivity contribution in [3.8, 4) is 0 Å². The van der Waals surface area contributed by atoms with Crippen LogP contribution in [0.5, 0.6) is 0 Å². The molecule has 0 aromatic heterocycles. The fourth-order valence-electron chi connectivity index (χ4n) is 12.2. The number of ether oxygens (including phenoxy) is 1. The van der Waals surface area contributed by atoms with Crippen molar-refractivity contribution >= 4 is 39.9 Å². The quantitative estimate of drug-likeness (QED) is 0.301. The third kappa shape index (κ3) is 6.36. The molecular weight excluding hydrogens is 725 g/mol. The molecule has 0 radical (unpaired) electrons. The molecule has 9 atom stereocenters. The molecule has 3 heterocycles. The predicted octanol–water partition coefficient (Wildman–Crippen LogP) is 3.75. The van der Waals surface area contributed by atoms with Gasteiger partial charge in [-0.05, 0) is 113 Å². The minimum absolute atomic E-state index is 0.0681. The van der Waals surface area contributed by atoms with Crippen molar-refractivity contribution < 1.29 is 37.1 Å². The van der Waals surface area contributed by atoms with E-state index in [9.17, 15) is 27.6 Å². The molecule has 2 spiro atoms. The van der Waals surface area contributed by atoms with E-state index in [4.69, 9.17) is 4.74 Å². The van der Waals surface area contributed by atoms with E-state index in [0.717, 1.165) is 57.8 Å². The topological polar surface area (TPSA) is 183 Å². The first kappa shape index (κ1) is 40.3. The lowest BCUT2D eigenvalue weighted by Gasteiger charge is -2.42. The van der Waals surface area contributed by atoms with Crippen molar-refractivity contribution in [1.29, 1.82) is 0 Å². The summed E-state index contributed by atoms with van der Waals surface area (Å²) in [5.41, 5.74) is -3.56. The van der Waals surface area contributed by atoms with Crippen LogP contribution in [-0.2, 0) is 34.1 Å². The Morgan fingerprint density at radius 3 is 2.18 bits per heavy atom. The Hall–Kier alpha value is -2.94. The van der Waals surface area contributed by atoms with Gasteiger partial charge in [-0.1, -0.05) is 53.9 Å². The number of carbonyl (C=O) groups is 5. The molecule has 0 aromatic carbocycles. The van der Waals surface area contributed by atoms with Crippen LogP contribution in [0.25, 0.3) is 0 Å². The number of amides is 5. The van der Waals surface area contributed by atoms with Crippen molar-refractivity contribution in [3.63, 3.8) is 0 Å². The van der Waals surface area contributed by atoms with Crippen LogP contribution in [0.4, 0.5) is 4.79 Å². The Bertz CT molecular complexity index is 1730. The fourth-order valence-corrected chi connectivity index (χ4v) is 13.5. The maximum Gasteiger partial charge on any atom is 0.408 e. The zero-order valence-electron chi connectivity index (χ0n) is 34.1. The summed E-state index contributed by atoms with van der Waals surface area (Å²) in [5, 5.41) is 9.01. The van der Waals surface area contributed by atoms with Gasteiger partial charge in [-0.15, -0.1) is 0 Å². The number of fused-ring (bicyclic) bond motifs is 5. The zero-order valence-corrected chi connectivity index (χ0v) is 35.0. The average Bonchev–Trinajstić information content (AvgIpc) is 3.57. The summed E-state index contributed by atoms with van der Waals surface area (Å²) in [6.45, 7) is 16.3. The van der Waals surface area contributed by atoms with E-state index in [1.165, 1.54) is 4.31 Å². The first-order valence-corrected chi connectivity index (χ1v) is 22.2. The fraction of sp³-hybridized carbons (Fsp3) is 0.875. The van der Waals surface area contributed by atoms with Gasteiger partial charge in [0.2, 0.25) is 17.7 Å². The maximum atomic E-state index is 15.1. The molecule has 7 aliphatic rings. The Kier molecular flexibility index (Phi) is 9.74. The molecule has 15 heteroatoms. The van der Waals surface area contributed by atoms with E-state index in [2.05, 4.69) is 27.6 Å². The maximum absolute atomic E-state index is 15.1. The molecule has 4 saturated carbocycles. The summed E-state index contributed by atoms with van der Waals surface area (Å²) in [6, 6.07) is -2.85. The molecule has 4 N–H and O–H groups in total. The van der Waals surface area contributed by atoms with Gasteiger partial charge in [0.25, 0.3) is 5.91 Å². The van der Waals surface area contributed by atoms with Crippen LogP contribution in [0.15, 0.2) is 0 Å². The van der Waals surface area contributed by atoms with Gasteiger partial charge in [0.1, 0.15) is 29.3 Å². The SMILES string of the molecule is CC[C@@H]1C[C@]1(NC(=O)[C@@H]1C[C@@]23CN1C(=O)[C@H](C(C)(C)C)NC(=O)[C@@H](NC(=O)OC(C)(C)C)C1CCCC(C1)C2(C)C31CCC1)C(=O)NS(=O)(=O)N1CCCC1. The van der Waals surface area contributed by atoms with E-state index in [1.807, 2.05) is 27.7 Å². The molecule has 3 aliphatic heterocycles. The highest BCUT2D eigenvalue weighted by atomic mass is 32.2. The largest absolute Gasteiger partial charge is 0.444 e. The van der Waals surface area contributed by atoms with Crippen molar-refractivity contribution in [2.24, 2.45) is 39.4 Å². The molecule has 55 heavy (non-hydrogen) atoms. The molecule has 5 amide bonds. The summed E-state index contributed by atoms with van der Waals surface area (Å²) in [6.07, 6.45) is 8.47. The van der Waals surface area contributed by atoms with Gasteiger partial charge in [-0.3, -0.25) is 19.2 Å². The van der Waals surface area contributed by atoms with Gasteiger partial charge in [0.15, 0.2) is 0 Å². The number of rotatable bonds is 7. The van der Waals surface area contributed by atoms with Crippen LogP contribution < -0.4 is 20.7 Å². The third-order valence-corrected chi connectivity index (χ3v) is 16.8. The van der Waals surface area contributed by atoms with Gasteiger partial charge in [-0.25, -0.2) is 9.52 Å². The Morgan fingerprint density at radius 2 is 1.62 bits per heavy atom. The Labute approximate surface area is 326 Å². The highest BCUT2D eigenvalue weighted by Gasteiger charge is 2.88. The molecule has 3 saturated heterocycles. The van der Waals surface area contributed by atoms with Gasteiger partial charge < -0.3 is 25.6 Å². The van der Waals surface area contributed by atoms with Gasteiger partial charge >= 0.3 is 16.3 Å². The van der Waals surface area contributed by atoms with Crippen LogP contribution in [0.2, 0.25) is 0 Å². The lowest BCUT2D eigenvalue weighted by Crippen LogP contribution is -2.62. The second kappa shape index (κ2) is 13.3. The third-order valence-electron chi connectivity index (χ3n) is 15.3. The van der Waals surface area contributed by atoms with Gasteiger partial charge in [0.05, 0.1) is 0 Å². The van der Waals surface area contributed by atoms with Crippen LogP contribution in [0, 0.1) is 39.4 Å². The summed E-state index contributed by atoms with van der Waals surface area (Å²) in [5.74, 6) is -2.23. The van der Waals surface area contributed by atoms with Gasteiger partial charge in [-0.2, -0.15) is 12.7 Å². The molecule has 7 fully saturated rings. The van der Waals surface area contributed by atoms with E-state index in [-0.39, 0.29) is 39.9 Å². The normalized spacial score (nSPS) is 38.4. The van der Waals surface area contributed by atoms with Gasteiger partial charge in [0, 0.05) is 25.0 Å². The molecular formula is C40H64N6O8S. The molecule has 3 unspecified atom stereocenters. The molecule has 14 nitrogen and oxygen atoms in total. The van der Waals surface area contributed by atoms with Crippen LogP contribution in [0.1, 0.15) is 132 Å². The van der Waals surface area contributed by atoms with Crippen LogP contribution in [0.3, 0.4) is 0 Å². The van der Waals surface area contributed by atoms with E-state index in [1.54, 1.807) is 25.7 Å². The number of hydrogen-bond donors (Lipinski definition) is 4. The average molecular weight is 789 g/mol.